The van der Waals surface area contributed by atoms with Gasteiger partial charge in [-0.15, -0.1) is 0 Å². The van der Waals surface area contributed by atoms with E-state index in [0.29, 0.717) is 32.5 Å². The molecule has 1 aromatic carbocycles. The van der Waals surface area contributed by atoms with Crippen LogP contribution >= 0.6 is 0 Å². The summed E-state index contributed by atoms with van der Waals surface area (Å²) in [5, 5.41) is 2.72. The van der Waals surface area contributed by atoms with Crippen molar-refractivity contribution in [1.29, 1.82) is 0 Å². The van der Waals surface area contributed by atoms with E-state index >= 15 is 0 Å². The monoisotopic (exact) mass is 380 g/mol. The number of amides is 2. The number of benzene rings is 1. The van der Waals surface area contributed by atoms with Crippen LogP contribution in [0.25, 0.3) is 6.08 Å². The van der Waals surface area contributed by atoms with Crippen LogP contribution in [0.3, 0.4) is 0 Å². The van der Waals surface area contributed by atoms with Gasteiger partial charge in [0.15, 0.2) is 0 Å². The van der Waals surface area contributed by atoms with Crippen LogP contribution in [0.2, 0.25) is 0 Å². The van der Waals surface area contributed by atoms with Crippen LogP contribution in [-0.4, -0.2) is 42.1 Å². The predicted molar refractivity (Wildman–Crippen MR) is 99.3 cm³/mol. The molecule has 1 fully saturated rings. The number of hydrogen-bond acceptors (Lipinski definition) is 3. The average Bonchev–Trinajstić information content (AvgIpc) is 2.59. The maximum atomic E-state index is 14.3. The van der Waals surface area contributed by atoms with E-state index in [0.717, 1.165) is 6.07 Å². The molecule has 1 aliphatic rings. The highest BCUT2D eigenvalue weighted by Crippen LogP contribution is 2.23. The van der Waals surface area contributed by atoms with Gasteiger partial charge in [0, 0.05) is 25.2 Å². The molecule has 1 saturated heterocycles. The first-order chi connectivity index (χ1) is 12.6. The number of likely N-dealkylation sites (tertiary alicyclic amines) is 1. The number of hydrogen-bond donors (Lipinski definition) is 1. The van der Waals surface area contributed by atoms with Crippen LogP contribution in [-0.2, 0) is 4.74 Å². The summed E-state index contributed by atoms with van der Waals surface area (Å²) in [6, 6.07) is 2.33. The SMILES string of the molecule is C=Cc1ccc(F)c(C(=O)N2CCC(CNC(=O)OC(C)(C)C)CC2)c1F. The lowest BCUT2D eigenvalue weighted by molar-refractivity contribution is 0.0499. The van der Waals surface area contributed by atoms with E-state index in [1.165, 1.54) is 17.0 Å². The molecule has 2 rings (SSSR count). The van der Waals surface area contributed by atoms with Gasteiger partial charge in [-0.25, -0.2) is 13.6 Å². The average molecular weight is 380 g/mol. The lowest BCUT2D eigenvalue weighted by Gasteiger charge is -2.32. The van der Waals surface area contributed by atoms with Gasteiger partial charge in [-0.05, 0) is 51.7 Å². The summed E-state index contributed by atoms with van der Waals surface area (Å²) in [4.78, 5) is 25.7. The molecule has 148 valence electrons. The van der Waals surface area contributed by atoms with Crippen LogP contribution in [0.4, 0.5) is 13.6 Å². The molecule has 1 N–H and O–H groups in total. The summed E-state index contributed by atoms with van der Waals surface area (Å²) in [5.74, 6) is -2.25. The van der Waals surface area contributed by atoms with Crippen molar-refractivity contribution < 1.29 is 23.1 Å². The maximum absolute atomic E-state index is 14.3. The van der Waals surface area contributed by atoms with Gasteiger partial charge >= 0.3 is 6.09 Å². The number of nitrogens with zero attached hydrogens (tertiary/aromatic N) is 1. The molecule has 1 aromatic rings. The smallest absolute Gasteiger partial charge is 0.407 e. The highest BCUT2D eigenvalue weighted by atomic mass is 19.1. The van der Waals surface area contributed by atoms with E-state index in [9.17, 15) is 18.4 Å². The van der Waals surface area contributed by atoms with Gasteiger partial charge in [-0.1, -0.05) is 12.7 Å². The lowest BCUT2D eigenvalue weighted by Crippen LogP contribution is -2.42. The number of alkyl carbamates (subject to hydrolysis) is 1. The van der Waals surface area contributed by atoms with Crippen molar-refractivity contribution in [3.63, 3.8) is 0 Å². The third-order valence-corrected chi connectivity index (χ3v) is 4.39. The molecular weight excluding hydrogens is 354 g/mol. The number of carbonyl (C=O) groups excluding carboxylic acids is 2. The Morgan fingerprint density at radius 3 is 2.48 bits per heavy atom. The molecule has 0 spiro atoms. The Morgan fingerprint density at radius 1 is 1.30 bits per heavy atom. The van der Waals surface area contributed by atoms with Gasteiger partial charge in [0.2, 0.25) is 0 Å². The Labute approximate surface area is 158 Å². The molecule has 0 unspecified atom stereocenters. The number of halogens is 2. The first-order valence-corrected chi connectivity index (χ1v) is 8.99. The molecule has 27 heavy (non-hydrogen) atoms. The first-order valence-electron chi connectivity index (χ1n) is 8.99. The molecule has 0 radical (unpaired) electrons. The minimum atomic E-state index is -0.885. The van der Waals surface area contributed by atoms with Crippen molar-refractivity contribution >= 4 is 18.1 Å². The van der Waals surface area contributed by atoms with Crippen molar-refractivity contribution in [2.45, 2.75) is 39.2 Å². The number of ether oxygens (including phenoxy) is 1. The Kier molecular flexibility index (Phi) is 6.57. The third-order valence-electron chi connectivity index (χ3n) is 4.39. The van der Waals surface area contributed by atoms with Crippen molar-refractivity contribution in [3.05, 3.63) is 41.5 Å². The number of rotatable bonds is 4. The zero-order chi connectivity index (χ0) is 20.2. The van der Waals surface area contributed by atoms with E-state index in [-0.39, 0.29) is 11.5 Å². The van der Waals surface area contributed by atoms with E-state index in [1.54, 1.807) is 20.8 Å². The first kappa shape index (κ1) is 20.9. The zero-order valence-corrected chi connectivity index (χ0v) is 16.0. The second-order valence-electron chi connectivity index (χ2n) is 7.65. The Morgan fingerprint density at radius 2 is 1.93 bits per heavy atom. The van der Waals surface area contributed by atoms with E-state index < -0.39 is 34.8 Å². The lowest BCUT2D eigenvalue weighted by atomic mass is 9.96. The fourth-order valence-corrected chi connectivity index (χ4v) is 2.96. The van der Waals surface area contributed by atoms with Crippen LogP contribution in [0, 0.1) is 17.6 Å². The summed E-state index contributed by atoms with van der Waals surface area (Å²) < 4.78 is 33.5. The fourth-order valence-electron chi connectivity index (χ4n) is 2.96. The van der Waals surface area contributed by atoms with Gasteiger partial charge in [-0.2, -0.15) is 0 Å². The fraction of sp³-hybridized carbons (Fsp3) is 0.500. The molecule has 2 amide bonds. The van der Waals surface area contributed by atoms with Crippen LogP contribution in [0.5, 0.6) is 0 Å². The highest BCUT2D eigenvalue weighted by molar-refractivity contribution is 5.95. The van der Waals surface area contributed by atoms with Gasteiger partial charge in [0.25, 0.3) is 5.91 Å². The summed E-state index contributed by atoms with van der Waals surface area (Å²) in [5.41, 5.74) is -1.01. The second kappa shape index (κ2) is 8.50. The minimum absolute atomic E-state index is 0.0937. The summed E-state index contributed by atoms with van der Waals surface area (Å²) in [6.45, 7) is 10.0. The van der Waals surface area contributed by atoms with Crippen LogP contribution in [0.15, 0.2) is 18.7 Å². The molecule has 0 aromatic heterocycles. The number of nitrogens with one attached hydrogen (secondary N) is 1. The van der Waals surface area contributed by atoms with Crippen molar-refractivity contribution in [3.8, 4) is 0 Å². The van der Waals surface area contributed by atoms with E-state index in [1.807, 2.05) is 0 Å². The third kappa shape index (κ3) is 5.52. The van der Waals surface area contributed by atoms with Crippen molar-refractivity contribution in [1.82, 2.24) is 10.2 Å². The molecule has 1 aliphatic heterocycles. The molecule has 0 saturated carbocycles. The van der Waals surface area contributed by atoms with Crippen molar-refractivity contribution in [2.24, 2.45) is 5.92 Å². The predicted octanol–water partition coefficient (Wildman–Crippen LogP) is 3.98. The Bertz CT molecular complexity index is 721. The van der Waals surface area contributed by atoms with Crippen LogP contribution < -0.4 is 5.32 Å². The summed E-state index contributed by atoms with van der Waals surface area (Å²) >= 11 is 0. The van der Waals surface area contributed by atoms with E-state index in [2.05, 4.69) is 11.9 Å². The minimum Gasteiger partial charge on any atom is -0.444 e. The molecule has 0 atom stereocenters. The van der Waals surface area contributed by atoms with Crippen LogP contribution in [0.1, 0.15) is 49.5 Å². The molecule has 1 heterocycles. The Balaban J connectivity index is 1.92. The molecule has 7 heteroatoms. The number of carbonyl (C=O) groups is 2. The topological polar surface area (TPSA) is 58.6 Å². The highest BCUT2D eigenvalue weighted by Gasteiger charge is 2.28. The van der Waals surface area contributed by atoms with Gasteiger partial charge < -0.3 is 15.0 Å². The van der Waals surface area contributed by atoms with Gasteiger partial charge in [0.05, 0.1) is 0 Å². The Hall–Kier alpha value is -2.44. The molecule has 0 aliphatic carbocycles. The van der Waals surface area contributed by atoms with Gasteiger partial charge in [0.1, 0.15) is 22.8 Å². The molecule has 0 bridgehead atoms. The van der Waals surface area contributed by atoms with E-state index in [4.69, 9.17) is 4.74 Å². The maximum Gasteiger partial charge on any atom is 0.407 e. The second-order valence-corrected chi connectivity index (χ2v) is 7.65. The quantitative estimate of drug-likeness (QED) is 0.859. The zero-order valence-electron chi connectivity index (χ0n) is 16.0. The number of piperidine rings is 1. The standard InChI is InChI=1S/C20H26F2N2O3/c1-5-14-6-7-15(21)16(17(14)22)18(25)24-10-8-13(9-11-24)12-23-19(26)27-20(2,3)4/h5-7,13H,1,8-12H2,2-4H3,(H,23,26). The molecule has 5 nitrogen and oxygen atoms in total. The summed E-state index contributed by atoms with van der Waals surface area (Å²) in [6.07, 6.45) is 2.03. The normalized spacial score (nSPS) is 15.4. The summed E-state index contributed by atoms with van der Waals surface area (Å²) in [7, 11) is 0. The van der Waals surface area contributed by atoms with Gasteiger partial charge in [-0.3, -0.25) is 4.79 Å². The largest absolute Gasteiger partial charge is 0.444 e. The molecular formula is C20H26F2N2O3. The van der Waals surface area contributed by atoms with Crippen molar-refractivity contribution in [2.75, 3.05) is 19.6 Å².